The molecule has 1 saturated carbocycles. The highest BCUT2D eigenvalue weighted by Gasteiger charge is 2.33. The van der Waals surface area contributed by atoms with Crippen molar-refractivity contribution in [3.8, 4) is 28.4 Å². The summed E-state index contributed by atoms with van der Waals surface area (Å²) in [5, 5.41) is 4.36. The van der Waals surface area contributed by atoms with Crippen LogP contribution in [0.4, 0.5) is 0 Å². The van der Waals surface area contributed by atoms with Crippen molar-refractivity contribution in [3.63, 3.8) is 0 Å². The Labute approximate surface area is 221 Å². The second-order valence-electron chi connectivity index (χ2n) is 9.89. The lowest BCUT2D eigenvalue weighted by molar-refractivity contribution is 0.395. The molecule has 1 aliphatic heterocycles. The van der Waals surface area contributed by atoms with E-state index < -0.39 is 0 Å². The molecule has 0 spiro atoms. The van der Waals surface area contributed by atoms with Crippen LogP contribution in [0, 0.1) is 12.8 Å². The Morgan fingerprint density at radius 2 is 1.92 bits per heavy atom. The lowest BCUT2D eigenvalue weighted by atomic mass is 9.75. The smallest absolute Gasteiger partial charge is 0.238 e. The van der Waals surface area contributed by atoms with Crippen LogP contribution >= 0.6 is 0 Å². The summed E-state index contributed by atoms with van der Waals surface area (Å²) in [4.78, 5) is 19.1. The van der Waals surface area contributed by atoms with Crippen molar-refractivity contribution >= 4 is 11.5 Å². The van der Waals surface area contributed by atoms with Crippen molar-refractivity contribution in [3.05, 3.63) is 72.2 Å². The van der Waals surface area contributed by atoms with E-state index in [1.807, 2.05) is 53.9 Å². The number of aliphatic imine (C=N–C) groups is 2. The SMILES string of the molecule is COc1ccc([C@H]2CCCC3CN=C(c4ccc(-n5cnc(C)c5)c(OC)n4)N=C32)cc1-c1cnn(C)c1. The van der Waals surface area contributed by atoms with Crippen molar-refractivity contribution < 1.29 is 9.47 Å². The highest BCUT2D eigenvalue weighted by atomic mass is 16.5. The third kappa shape index (κ3) is 4.38. The molecule has 9 heteroatoms. The van der Waals surface area contributed by atoms with Crippen LogP contribution in [0.15, 0.2) is 65.2 Å². The van der Waals surface area contributed by atoms with E-state index in [2.05, 4.69) is 28.3 Å². The highest BCUT2D eigenvalue weighted by molar-refractivity contribution is 6.10. The number of aryl methyl sites for hydroxylation is 2. The third-order valence-electron chi connectivity index (χ3n) is 7.41. The zero-order chi connectivity index (χ0) is 26.2. The minimum Gasteiger partial charge on any atom is -0.496 e. The number of imidazole rings is 1. The van der Waals surface area contributed by atoms with Gasteiger partial charge in [-0.2, -0.15) is 5.10 Å². The van der Waals surface area contributed by atoms with Crippen LogP contribution in [0.2, 0.25) is 0 Å². The molecular formula is C29H31N7O2. The fourth-order valence-corrected chi connectivity index (χ4v) is 5.52. The molecule has 1 aliphatic carbocycles. The van der Waals surface area contributed by atoms with Crippen LogP contribution in [0.5, 0.6) is 11.6 Å². The molecule has 0 bridgehead atoms. The lowest BCUT2D eigenvalue weighted by Gasteiger charge is -2.33. The number of ether oxygens (including phenoxy) is 2. The molecule has 2 aliphatic rings. The molecule has 0 saturated heterocycles. The van der Waals surface area contributed by atoms with Gasteiger partial charge < -0.3 is 14.0 Å². The minimum absolute atomic E-state index is 0.218. The van der Waals surface area contributed by atoms with Gasteiger partial charge in [0.25, 0.3) is 0 Å². The van der Waals surface area contributed by atoms with Gasteiger partial charge in [0, 0.05) is 54.7 Å². The quantitative estimate of drug-likeness (QED) is 0.373. The molecule has 9 nitrogen and oxygen atoms in total. The molecule has 2 atom stereocenters. The van der Waals surface area contributed by atoms with Crippen molar-refractivity contribution in [2.45, 2.75) is 32.1 Å². The number of rotatable bonds is 6. The number of amidine groups is 1. The van der Waals surface area contributed by atoms with E-state index in [9.17, 15) is 0 Å². The van der Waals surface area contributed by atoms with Gasteiger partial charge in [0.15, 0.2) is 5.84 Å². The molecule has 4 aromatic rings. The summed E-state index contributed by atoms with van der Waals surface area (Å²) in [5.74, 6) is 2.58. The second kappa shape index (κ2) is 9.89. The summed E-state index contributed by atoms with van der Waals surface area (Å²) in [6.07, 6.45) is 10.9. The van der Waals surface area contributed by atoms with E-state index in [1.54, 1.807) is 20.5 Å². The van der Waals surface area contributed by atoms with Crippen molar-refractivity contribution in [1.29, 1.82) is 0 Å². The molecule has 6 rings (SSSR count). The van der Waals surface area contributed by atoms with E-state index in [1.165, 1.54) is 11.3 Å². The van der Waals surface area contributed by atoms with Crippen LogP contribution in [-0.4, -0.2) is 56.6 Å². The maximum atomic E-state index is 5.69. The Balaban J connectivity index is 1.36. The molecule has 1 unspecified atom stereocenters. The van der Waals surface area contributed by atoms with Crippen LogP contribution in [0.25, 0.3) is 16.8 Å². The highest BCUT2D eigenvalue weighted by Crippen LogP contribution is 2.40. The minimum atomic E-state index is 0.218. The molecule has 0 amide bonds. The largest absolute Gasteiger partial charge is 0.496 e. The molecule has 1 aromatic carbocycles. The van der Waals surface area contributed by atoms with Gasteiger partial charge in [0.1, 0.15) is 17.1 Å². The van der Waals surface area contributed by atoms with Gasteiger partial charge in [0.2, 0.25) is 5.88 Å². The summed E-state index contributed by atoms with van der Waals surface area (Å²) in [7, 11) is 5.26. The number of pyridine rings is 1. The number of fused-ring (bicyclic) bond motifs is 1. The Morgan fingerprint density at radius 1 is 1.03 bits per heavy atom. The zero-order valence-corrected chi connectivity index (χ0v) is 22.1. The standard InChI is InChI=1S/C29H31N7O2/c1-18-15-36(17-31-18)25-10-9-24(33-29(25)38-4)28-30-13-20-6-5-7-22(27(20)34-28)19-8-11-26(37-3)23(12-19)21-14-32-35(2)16-21/h8-12,14-17,20,22H,5-7,13H2,1-4H3/t20?,22-/m1/s1. The summed E-state index contributed by atoms with van der Waals surface area (Å²) >= 11 is 0. The summed E-state index contributed by atoms with van der Waals surface area (Å²) < 4.78 is 15.0. The molecule has 1 fully saturated rings. The van der Waals surface area contributed by atoms with Gasteiger partial charge in [-0.25, -0.2) is 15.0 Å². The molecular weight excluding hydrogens is 478 g/mol. The number of hydrogen-bond donors (Lipinski definition) is 0. The van der Waals surface area contributed by atoms with Crippen molar-refractivity contribution in [2.75, 3.05) is 20.8 Å². The van der Waals surface area contributed by atoms with Crippen molar-refractivity contribution in [1.82, 2.24) is 24.3 Å². The Morgan fingerprint density at radius 3 is 2.66 bits per heavy atom. The van der Waals surface area contributed by atoms with Crippen molar-refractivity contribution in [2.24, 2.45) is 23.0 Å². The summed E-state index contributed by atoms with van der Waals surface area (Å²) in [6.45, 7) is 2.68. The molecule has 4 heterocycles. The van der Waals surface area contributed by atoms with Gasteiger partial charge in [0.05, 0.1) is 32.4 Å². The lowest BCUT2D eigenvalue weighted by Crippen LogP contribution is -2.33. The first kappa shape index (κ1) is 24.1. The molecule has 0 N–H and O–H groups in total. The fraction of sp³-hybridized carbons (Fsp3) is 0.345. The van der Waals surface area contributed by atoms with Gasteiger partial charge in [-0.3, -0.25) is 9.67 Å². The van der Waals surface area contributed by atoms with E-state index in [0.29, 0.717) is 23.3 Å². The predicted molar refractivity (Wildman–Crippen MR) is 147 cm³/mol. The summed E-state index contributed by atoms with van der Waals surface area (Å²) in [6, 6.07) is 10.4. The second-order valence-corrected chi connectivity index (χ2v) is 9.89. The number of hydrogen-bond acceptors (Lipinski definition) is 7. The first-order valence-electron chi connectivity index (χ1n) is 12.9. The van der Waals surface area contributed by atoms with Gasteiger partial charge in [-0.05, 0) is 49.6 Å². The maximum absolute atomic E-state index is 5.69. The van der Waals surface area contributed by atoms with E-state index >= 15 is 0 Å². The Hall–Kier alpha value is -4.27. The van der Waals surface area contributed by atoms with Gasteiger partial charge in [-0.1, -0.05) is 12.5 Å². The average molecular weight is 510 g/mol. The molecule has 38 heavy (non-hydrogen) atoms. The predicted octanol–water partition coefficient (Wildman–Crippen LogP) is 4.78. The summed E-state index contributed by atoms with van der Waals surface area (Å²) in [5.41, 5.74) is 6.99. The third-order valence-corrected chi connectivity index (χ3v) is 7.41. The molecule has 3 aromatic heterocycles. The number of benzene rings is 1. The van der Waals surface area contributed by atoms with Gasteiger partial charge >= 0.3 is 0 Å². The maximum Gasteiger partial charge on any atom is 0.238 e. The van der Waals surface area contributed by atoms with Crippen LogP contribution in [0.1, 0.15) is 42.1 Å². The number of nitrogens with zero attached hydrogens (tertiary/aromatic N) is 7. The average Bonchev–Trinajstić information content (AvgIpc) is 3.59. The number of methoxy groups -OCH3 is 2. The van der Waals surface area contributed by atoms with Crippen LogP contribution in [-0.2, 0) is 7.05 Å². The van der Waals surface area contributed by atoms with Crippen LogP contribution in [0.3, 0.4) is 0 Å². The van der Waals surface area contributed by atoms with E-state index in [-0.39, 0.29) is 5.92 Å². The van der Waals surface area contributed by atoms with E-state index in [0.717, 1.165) is 54.1 Å². The molecule has 194 valence electrons. The normalized spacial score (nSPS) is 18.9. The zero-order valence-electron chi connectivity index (χ0n) is 22.1. The molecule has 0 radical (unpaired) electrons. The van der Waals surface area contributed by atoms with Gasteiger partial charge in [-0.15, -0.1) is 0 Å². The Bertz CT molecular complexity index is 1550. The first-order valence-corrected chi connectivity index (χ1v) is 12.9. The Kier molecular flexibility index (Phi) is 6.27. The number of aromatic nitrogens is 5. The topological polar surface area (TPSA) is 91.7 Å². The fourth-order valence-electron chi connectivity index (χ4n) is 5.52. The van der Waals surface area contributed by atoms with Crippen LogP contribution < -0.4 is 9.47 Å². The first-order chi connectivity index (χ1) is 18.5. The monoisotopic (exact) mass is 509 g/mol. The van der Waals surface area contributed by atoms with E-state index in [4.69, 9.17) is 24.4 Å².